The molecular weight excluding hydrogens is 278 g/mol. The number of amides is 1. The Bertz CT molecular complexity index is 604. The standard InChI is InChI=1S/C17H23N3O2/c21-16-10-9-13(12-18-16)17(22)20-11-5-4-8-15(20)19-14-6-2-1-3-7-14/h4-5,8,11,13-14H,1-3,6-7,9-10,12H2,(H,18,21)/t13-/m0/s1. The van der Waals surface area contributed by atoms with Gasteiger partial charge in [0.2, 0.25) is 11.8 Å². The summed E-state index contributed by atoms with van der Waals surface area (Å²) >= 11 is 0. The lowest BCUT2D eigenvalue weighted by Crippen LogP contribution is -2.42. The largest absolute Gasteiger partial charge is 0.355 e. The first kappa shape index (κ1) is 15.0. The minimum absolute atomic E-state index is 0.0363. The molecule has 1 amide bonds. The minimum Gasteiger partial charge on any atom is -0.355 e. The normalized spacial score (nSPS) is 24.1. The number of hydrogen-bond donors (Lipinski definition) is 1. The molecule has 22 heavy (non-hydrogen) atoms. The number of nitrogens with zero attached hydrogens (tertiary/aromatic N) is 2. The molecule has 0 aromatic carbocycles. The predicted molar refractivity (Wildman–Crippen MR) is 83.2 cm³/mol. The molecule has 1 aromatic rings. The van der Waals surface area contributed by atoms with Crippen molar-refractivity contribution in [1.82, 2.24) is 9.88 Å². The van der Waals surface area contributed by atoms with Crippen LogP contribution in [0.5, 0.6) is 0 Å². The number of pyridine rings is 1. The van der Waals surface area contributed by atoms with E-state index in [1.807, 2.05) is 18.2 Å². The monoisotopic (exact) mass is 301 g/mol. The van der Waals surface area contributed by atoms with Crippen molar-refractivity contribution in [3.05, 3.63) is 29.9 Å². The molecule has 2 heterocycles. The average molecular weight is 301 g/mol. The summed E-state index contributed by atoms with van der Waals surface area (Å²) in [7, 11) is 0. The highest BCUT2D eigenvalue weighted by molar-refractivity contribution is 5.85. The van der Waals surface area contributed by atoms with Crippen molar-refractivity contribution in [2.24, 2.45) is 10.9 Å². The van der Waals surface area contributed by atoms with Crippen molar-refractivity contribution in [3.8, 4) is 0 Å². The van der Waals surface area contributed by atoms with E-state index < -0.39 is 0 Å². The fourth-order valence-electron chi connectivity index (χ4n) is 3.26. The summed E-state index contributed by atoms with van der Waals surface area (Å²) < 4.78 is 1.66. The van der Waals surface area contributed by atoms with Gasteiger partial charge in [-0.1, -0.05) is 25.3 Å². The molecule has 0 bridgehead atoms. The Morgan fingerprint density at radius 3 is 2.73 bits per heavy atom. The molecule has 1 atom stereocenters. The van der Waals surface area contributed by atoms with E-state index in [4.69, 9.17) is 4.99 Å². The van der Waals surface area contributed by atoms with Gasteiger partial charge in [0.25, 0.3) is 0 Å². The summed E-state index contributed by atoms with van der Waals surface area (Å²) in [5.41, 5.74) is 0.747. The number of rotatable bonds is 2. The van der Waals surface area contributed by atoms with Gasteiger partial charge in [0.05, 0.1) is 12.0 Å². The summed E-state index contributed by atoms with van der Waals surface area (Å²) in [6.07, 6.45) is 8.81. The third-order valence-electron chi connectivity index (χ3n) is 4.58. The number of carbonyl (C=O) groups excluding carboxylic acids is 2. The number of nitrogens with one attached hydrogen (secondary N) is 1. The Hall–Kier alpha value is -1.91. The maximum absolute atomic E-state index is 12.7. The molecule has 0 unspecified atom stereocenters. The van der Waals surface area contributed by atoms with Crippen LogP contribution in [0.3, 0.4) is 0 Å². The van der Waals surface area contributed by atoms with Crippen LogP contribution in [-0.4, -0.2) is 29.0 Å². The lowest BCUT2D eigenvalue weighted by atomic mass is 9.96. The number of carbonyl (C=O) groups is 2. The molecule has 1 aliphatic carbocycles. The van der Waals surface area contributed by atoms with Crippen LogP contribution < -0.4 is 10.8 Å². The van der Waals surface area contributed by atoms with Crippen molar-refractivity contribution in [3.63, 3.8) is 0 Å². The SMILES string of the molecule is O=C1CC[C@H](C(=O)n2ccccc2=NC2CCCCC2)CN1. The first-order chi connectivity index (χ1) is 10.7. The molecule has 1 saturated heterocycles. The molecule has 5 heteroatoms. The van der Waals surface area contributed by atoms with Crippen LogP contribution >= 0.6 is 0 Å². The minimum atomic E-state index is -0.148. The summed E-state index contributed by atoms with van der Waals surface area (Å²) in [6, 6.07) is 6.03. The first-order valence-corrected chi connectivity index (χ1v) is 8.26. The van der Waals surface area contributed by atoms with E-state index in [0.29, 0.717) is 25.4 Å². The van der Waals surface area contributed by atoms with Crippen molar-refractivity contribution in [2.75, 3.05) is 6.54 Å². The van der Waals surface area contributed by atoms with Crippen molar-refractivity contribution >= 4 is 11.8 Å². The molecule has 1 aliphatic heterocycles. The second-order valence-electron chi connectivity index (χ2n) is 6.23. The van der Waals surface area contributed by atoms with Gasteiger partial charge >= 0.3 is 0 Å². The third-order valence-corrected chi connectivity index (χ3v) is 4.58. The molecule has 2 aliphatic rings. The number of piperidine rings is 1. The van der Waals surface area contributed by atoms with E-state index >= 15 is 0 Å². The number of hydrogen-bond acceptors (Lipinski definition) is 3. The second-order valence-corrected chi connectivity index (χ2v) is 6.23. The molecule has 1 aromatic heterocycles. The summed E-state index contributed by atoms with van der Waals surface area (Å²) in [5, 5.41) is 2.78. The lowest BCUT2D eigenvalue weighted by Gasteiger charge is -2.22. The molecule has 1 N–H and O–H groups in total. The molecule has 118 valence electrons. The van der Waals surface area contributed by atoms with E-state index in [1.54, 1.807) is 10.8 Å². The molecule has 5 nitrogen and oxygen atoms in total. The first-order valence-electron chi connectivity index (χ1n) is 8.26. The summed E-state index contributed by atoms with van der Waals surface area (Å²) in [6.45, 7) is 0.433. The molecule has 3 rings (SSSR count). The van der Waals surface area contributed by atoms with Crippen LogP contribution in [-0.2, 0) is 4.79 Å². The van der Waals surface area contributed by atoms with Crippen LogP contribution in [0.4, 0.5) is 0 Å². The Balaban J connectivity index is 1.82. The van der Waals surface area contributed by atoms with Gasteiger partial charge in [-0.25, -0.2) is 0 Å². The quantitative estimate of drug-likeness (QED) is 0.906. The highest BCUT2D eigenvalue weighted by atomic mass is 16.2. The Labute approximate surface area is 130 Å². The maximum atomic E-state index is 12.7. The summed E-state index contributed by atoms with van der Waals surface area (Å²) in [4.78, 5) is 28.8. The van der Waals surface area contributed by atoms with E-state index in [9.17, 15) is 9.59 Å². The van der Waals surface area contributed by atoms with E-state index in [-0.39, 0.29) is 17.7 Å². The molecule has 0 spiro atoms. The number of aromatic nitrogens is 1. The molecule has 2 fully saturated rings. The average Bonchev–Trinajstić information content (AvgIpc) is 2.56. The zero-order chi connectivity index (χ0) is 15.4. The highest BCUT2D eigenvalue weighted by Gasteiger charge is 2.25. The van der Waals surface area contributed by atoms with Gasteiger partial charge in [-0.3, -0.25) is 19.1 Å². The van der Waals surface area contributed by atoms with Crippen LogP contribution in [0.2, 0.25) is 0 Å². The van der Waals surface area contributed by atoms with Crippen LogP contribution in [0.25, 0.3) is 0 Å². The van der Waals surface area contributed by atoms with Gasteiger partial charge in [0.1, 0.15) is 5.49 Å². The highest BCUT2D eigenvalue weighted by Crippen LogP contribution is 2.19. The van der Waals surface area contributed by atoms with Gasteiger partial charge in [-0.15, -0.1) is 0 Å². The van der Waals surface area contributed by atoms with Crippen molar-refractivity contribution < 1.29 is 9.59 Å². The molecule has 0 radical (unpaired) electrons. The van der Waals surface area contributed by atoms with Crippen LogP contribution in [0.1, 0.15) is 49.7 Å². The van der Waals surface area contributed by atoms with E-state index in [2.05, 4.69) is 5.32 Å². The maximum Gasteiger partial charge on any atom is 0.237 e. The van der Waals surface area contributed by atoms with Gasteiger partial charge in [0, 0.05) is 19.2 Å². The second kappa shape index (κ2) is 6.90. The topological polar surface area (TPSA) is 63.5 Å². The van der Waals surface area contributed by atoms with E-state index in [0.717, 1.165) is 18.3 Å². The fraction of sp³-hybridized carbons (Fsp3) is 0.588. The smallest absolute Gasteiger partial charge is 0.237 e. The van der Waals surface area contributed by atoms with Crippen LogP contribution in [0.15, 0.2) is 29.4 Å². The van der Waals surface area contributed by atoms with Gasteiger partial charge in [0.15, 0.2) is 0 Å². The van der Waals surface area contributed by atoms with Crippen LogP contribution in [0, 0.1) is 5.92 Å². The molecular formula is C17H23N3O2. The van der Waals surface area contributed by atoms with Gasteiger partial charge in [-0.05, 0) is 31.4 Å². The zero-order valence-electron chi connectivity index (χ0n) is 12.8. The predicted octanol–water partition coefficient (Wildman–Crippen LogP) is 1.89. The Kier molecular flexibility index (Phi) is 4.71. The van der Waals surface area contributed by atoms with Gasteiger partial charge < -0.3 is 5.32 Å². The van der Waals surface area contributed by atoms with E-state index in [1.165, 1.54) is 19.3 Å². The van der Waals surface area contributed by atoms with Crippen molar-refractivity contribution in [1.29, 1.82) is 0 Å². The van der Waals surface area contributed by atoms with Crippen molar-refractivity contribution in [2.45, 2.75) is 51.0 Å². The fourth-order valence-corrected chi connectivity index (χ4v) is 3.26. The van der Waals surface area contributed by atoms with Gasteiger partial charge in [-0.2, -0.15) is 0 Å². The zero-order valence-corrected chi connectivity index (χ0v) is 12.8. The lowest BCUT2D eigenvalue weighted by molar-refractivity contribution is -0.122. The third kappa shape index (κ3) is 3.46. The Morgan fingerprint density at radius 2 is 2.00 bits per heavy atom. The molecule has 1 saturated carbocycles. The summed E-state index contributed by atoms with van der Waals surface area (Å²) in [5.74, 6) is -0.0743. The Morgan fingerprint density at radius 1 is 1.18 bits per heavy atom.